The molecule has 0 aliphatic heterocycles. The number of anilines is 1. The molecular weight excluding hydrogens is 178 g/mol. The van der Waals surface area contributed by atoms with Crippen molar-refractivity contribution in [3.05, 3.63) is 23.4 Å². The second kappa shape index (κ2) is 4.93. The van der Waals surface area contributed by atoms with Crippen LogP contribution in [0.5, 0.6) is 0 Å². The molecule has 0 saturated heterocycles. The average molecular weight is 195 g/mol. The summed E-state index contributed by atoms with van der Waals surface area (Å²) in [6.07, 6.45) is 0. The summed E-state index contributed by atoms with van der Waals surface area (Å²) in [6, 6.07) is 3.92. The fourth-order valence-corrected chi connectivity index (χ4v) is 1.32. The smallest absolute Gasteiger partial charge is 0.133 e. The van der Waals surface area contributed by atoms with Crippen molar-refractivity contribution in [2.45, 2.75) is 13.5 Å². The molecule has 14 heavy (non-hydrogen) atoms. The largest absolute Gasteiger partial charge is 0.395 e. The molecule has 3 N–H and O–H groups in total. The van der Waals surface area contributed by atoms with Crippen LogP contribution in [0.2, 0.25) is 0 Å². The highest BCUT2D eigenvalue weighted by atomic mass is 16.3. The van der Waals surface area contributed by atoms with Crippen LogP contribution in [0, 0.1) is 6.92 Å². The Kier molecular flexibility index (Phi) is 3.85. The summed E-state index contributed by atoms with van der Waals surface area (Å²) in [7, 11) is 1.90. The highest BCUT2D eigenvalue weighted by Crippen LogP contribution is 2.16. The van der Waals surface area contributed by atoms with E-state index in [-0.39, 0.29) is 6.61 Å². The minimum absolute atomic E-state index is 0.121. The van der Waals surface area contributed by atoms with E-state index in [0.717, 1.165) is 17.1 Å². The van der Waals surface area contributed by atoms with Crippen LogP contribution in [0.4, 0.5) is 5.82 Å². The first-order valence-corrected chi connectivity index (χ1v) is 4.67. The van der Waals surface area contributed by atoms with Crippen molar-refractivity contribution >= 4 is 5.82 Å². The van der Waals surface area contributed by atoms with Gasteiger partial charge in [0, 0.05) is 31.4 Å². The standard InChI is InChI=1S/C10H17N3O/c1-8-3-4-9(7-11)10(12-8)13(2)5-6-14/h3-4,14H,5-7,11H2,1-2H3. The van der Waals surface area contributed by atoms with Crippen molar-refractivity contribution in [1.82, 2.24) is 4.98 Å². The Balaban J connectivity index is 2.97. The molecule has 0 radical (unpaired) electrons. The van der Waals surface area contributed by atoms with E-state index in [2.05, 4.69) is 4.98 Å². The molecule has 4 nitrogen and oxygen atoms in total. The van der Waals surface area contributed by atoms with E-state index in [4.69, 9.17) is 10.8 Å². The van der Waals surface area contributed by atoms with Gasteiger partial charge in [-0.05, 0) is 13.0 Å². The maximum Gasteiger partial charge on any atom is 0.133 e. The number of aliphatic hydroxyl groups is 1. The Morgan fingerprint density at radius 2 is 2.21 bits per heavy atom. The van der Waals surface area contributed by atoms with Gasteiger partial charge in [0.15, 0.2) is 0 Å². The Morgan fingerprint density at radius 3 is 2.79 bits per heavy atom. The molecule has 0 fully saturated rings. The van der Waals surface area contributed by atoms with Crippen LogP contribution in [-0.2, 0) is 6.54 Å². The van der Waals surface area contributed by atoms with Crippen molar-refractivity contribution in [3.8, 4) is 0 Å². The van der Waals surface area contributed by atoms with Gasteiger partial charge >= 0.3 is 0 Å². The molecule has 1 rings (SSSR count). The molecule has 0 atom stereocenters. The first kappa shape index (κ1) is 10.9. The third kappa shape index (κ3) is 2.43. The summed E-state index contributed by atoms with van der Waals surface area (Å²) < 4.78 is 0. The summed E-state index contributed by atoms with van der Waals surface area (Å²) in [5, 5.41) is 8.83. The zero-order valence-electron chi connectivity index (χ0n) is 8.70. The summed E-state index contributed by atoms with van der Waals surface area (Å²) in [5.74, 6) is 0.863. The lowest BCUT2D eigenvalue weighted by Gasteiger charge is -2.20. The molecule has 0 aromatic carbocycles. The molecule has 1 aromatic rings. The first-order chi connectivity index (χ1) is 6.69. The number of aliphatic hydroxyl groups excluding tert-OH is 1. The molecule has 0 aliphatic carbocycles. The van der Waals surface area contributed by atoms with Crippen LogP contribution < -0.4 is 10.6 Å². The number of nitrogens with two attached hydrogens (primary N) is 1. The van der Waals surface area contributed by atoms with Gasteiger partial charge in [-0.15, -0.1) is 0 Å². The lowest BCUT2D eigenvalue weighted by molar-refractivity contribution is 0.303. The molecule has 1 heterocycles. The SMILES string of the molecule is Cc1ccc(CN)c(N(C)CCO)n1. The predicted octanol–water partition coefficient (Wildman–Crippen LogP) is 0.277. The third-order valence-corrected chi connectivity index (χ3v) is 2.11. The topological polar surface area (TPSA) is 62.4 Å². The van der Waals surface area contributed by atoms with Crippen molar-refractivity contribution in [2.24, 2.45) is 5.73 Å². The number of aryl methyl sites for hydroxylation is 1. The van der Waals surface area contributed by atoms with Crippen LogP contribution in [0.1, 0.15) is 11.3 Å². The lowest BCUT2D eigenvalue weighted by atomic mass is 10.2. The Labute approximate surface area is 84.4 Å². The van der Waals surface area contributed by atoms with Crippen molar-refractivity contribution in [3.63, 3.8) is 0 Å². The van der Waals surface area contributed by atoms with Gasteiger partial charge < -0.3 is 15.7 Å². The van der Waals surface area contributed by atoms with E-state index in [1.807, 2.05) is 31.0 Å². The van der Waals surface area contributed by atoms with E-state index >= 15 is 0 Å². The number of aromatic nitrogens is 1. The van der Waals surface area contributed by atoms with E-state index in [9.17, 15) is 0 Å². The molecule has 78 valence electrons. The maximum absolute atomic E-state index is 8.83. The minimum atomic E-state index is 0.121. The first-order valence-electron chi connectivity index (χ1n) is 4.67. The van der Waals surface area contributed by atoms with Gasteiger partial charge in [-0.2, -0.15) is 0 Å². The van der Waals surface area contributed by atoms with Gasteiger partial charge in [0.05, 0.1) is 6.61 Å². The fraction of sp³-hybridized carbons (Fsp3) is 0.500. The van der Waals surface area contributed by atoms with Crippen LogP contribution in [0.15, 0.2) is 12.1 Å². The maximum atomic E-state index is 8.83. The van der Waals surface area contributed by atoms with Gasteiger partial charge in [0.25, 0.3) is 0 Å². The van der Waals surface area contributed by atoms with E-state index in [0.29, 0.717) is 13.1 Å². The highest BCUT2D eigenvalue weighted by molar-refractivity contribution is 5.46. The predicted molar refractivity (Wildman–Crippen MR) is 57.2 cm³/mol. The molecule has 0 unspecified atom stereocenters. The molecule has 4 heteroatoms. The molecule has 0 amide bonds. The molecular formula is C10H17N3O. The van der Waals surface area contributed by atoms with Crippen molar-refractivity contribution in [1.29, 1.82) is 0 Å². The van der Waals surface area contributed by atoms with Crippen LogP contribution >= 0.6 is 0 Å². The molecule has 1 aromatic heterocycles. The zero-order valence-corrected chi connectivity index (χ0v) is 8.70. The van der Waals surface area contributed by atoms with Gasteiger partial charge in [-0.3, -0.25) is 0 Å². The number of likely N-dealkylation sites (N-methyl/N-ethyl adjacent to an activating group) is 1. The molecule has 0 bridgehead atoms. The zero-order chi connectivity index (χ0) is 10.6. The quantitative estimate of drug-likeness (QED) is 0.724. The normalized spacial score (nSPS) is 10.3. The van der Waals surface area contributed by atoms with Crippen molar-refractivity contribution in [2.75, 3.05) is 25.1 Å². The lowest BCUT2D eigenvalue weighted by Crippen LogP contribution is -2.24. The molecule has 0 spiro atoms. The van der Waals surface area contributed by atoms with E-state index in [1.54, 1.807) is 0 Å². The van der Waals surface area contributed by atoms with Gasteiger partial charge in [-0.1, -0.05) is 6.07 Å². The summed E-state index contributed by atoms with van der Waals surface area (Å²) in [4.78, 5) is 6.31. The minimum Gasteiger partial charge on any atom is -0.395 e. The monoisotopic (exact) mass is 195 g/mol. The van der Waals surface area contributed by atoms with E-state index in [1.165, 1.54) is 0 Å². The average Bonchev–Trinajstić information content (AvgIpc) is 2.18. The van der Waals surface area contributed by atoms with E-state index < -0.39 is 0 Å². The van der Waals surface area contributed by atoms with Crippen molar-refractivity contribution < 1.29 is 5.11 Å². The molecule has 0 aliphatic rings. The number of hydrogen-bond acceptors (Lipinski definition) is 4. The summed E-state index contributed by atoms with van der Waals surface area (Å²) in [5.41, 5.74) is 7.57. The van der Waals surface area contributed by atoms with Gasteiger partial charge in [0.2, 0.25) is 0 Å². The fourth-order valence-electron chi connectivity index (χ4n) is 1.32. The summed E-state index contributed by atoms with van der Waals surface area (Å²) in [6.45, 7) is 3.11. The van der Waals surface area contributed by atoms with Crippen LogP contribution in [0.25, 0.3) is 0 Å². The number of pyridine rings is 1. The summed E-state index contributed by atoms with van der Waals surface area (Å²) >= 11 is 0. The Hall–Kier alpha value is -1.13. The highest BCUT2D eigenvalue weighted by Gasteiger charge is 2.07. The van der Waals surface area contributed by atoms with Gasteiger partial charge in [0.1, 0.15) is 5.82 Å². The Morgan fingerprint density at radius 1 is 1.50 bits per heavy atom. The second-order valence-electron chi connectivity index (χ2n) is 3.28. The Bertz CT molecular complexity index is 301. The number of rotatable bonds is 4. The number of hydrogen-bond donors (Lipinski definition) is 2. The number of nitrogens with zero attached hydrogens (tertiary/aromatic N) is 2. The third-order valence-electron chi connectivity index (χ3n) is 2.11. The second-order valence-corrected chi connectivity index (χ2v) is 3.28. The molecule has 0 saturated carbocycles. The van der Waals surface area contributed by atoms with Gasteiger partial charge in [-0.25, -0.2) is 4.98 Å². The van der Waals surface area contributed by atoms with Crippen LogP contribution in [0.3, 0.4) is 0 Å². The van der Waals surface area contributed by atoms with Crippen LogP contribution in [-0.4, -0.2) is 30.3 Å².